The normalized spacial score (nSPS) is 26.5. The van der Waals surface area contributed by atoms with E-state index in [1.54, 1.807) is 17.8 Å². The number of thioether (sulfide) groups is 1. The quantitative estimate of drug-likeness (QED) is 0.0653. The second-order valence-electron chi connectivity index (χ2n) is 16.3. The molecule has 7 rings (SSSR count). The predicted octanol–water partition coefficient (Wildman–Crippen LogP) is 10.0. The zero-order valence-corrected chi connectivity index (χ0v) is 35.5. The van der Waals surface area contributed by atoms with Crippen LogP contribution in [0.25, 0.3) is 0 Å². The summed E-state index contributed by atoms with van der Waals surface area (Å²) < 4.78 is 27.0. The van der Waals surface area contributed by atoms with Gasteiger partial charge >= 0.3 is 0 Å². The predicted molar refractivity (Wildman–Crippen MR) is 232 cm³/mol. The van der Waals surface area contributed by atoms with Gasteiger partial charge in [0.15, 0.2) is 0 Å². The van der Waals surface area contributed by atoms with E-state index in [0.717, 1.165) is 102 Å². The maximum atomic E-state index is 11.8. The molecular formula is C48H60N2O8S. The summed E-state index contributed by atoms with van der Waals surface area (Å²) in [6.45, 7) is 10.9. The maximum absolute atomic E-state index is 11.8. The maximum Gasteiger partial charge on any atom is 0.231 e. The van der Waals surface area contributed by atoms with Crippen molar-refractivity contribution < 1.29 is 38.8 Å². The van der Waals surface area contributed by atoms with E-state index in [1.165, 1.54) is 12.5 Å². The van der Waals surface area contributed by atoms with Gasteiger partial charge in [0.2, 0.25) is 18.0 Å². The minimum absolute atomic E-state index is 0.0774. The molecule has 3 aromatic rings. The summed E-state index contributed by atoms with van der Waals surface area (Å²) in [4.78, 5) is 19.1. The highest BCUT2D eigenvalue weighted by atomic mass is 32.2. The first kappa shape index (κ1) is 43.0. The highest BCUT2D eigenvalue weighted by Crippen LogP contribution is 2.63. The molecule has 1 saturated heterocycles. The first-order chi connectivity index (χ1) is 28.7. The monoisotopic (exact) mass is 824 g/mol. The Bertz CT molecular complexity index is 1980. The number of unbranched alkanes of at least 4 members (excludes halogenated alkanes) is 2. The molecule has 2 fully saturated rings. The highest BCUT2D eigenvalue weighted by Gasteiger charge is 2.64. The Morgan fingerprint density at radius 1 is 0.983 bits per heavy atom. The number of oxime groups is 1. The summed E-state index contributed by atoms with van der Waals surface area (Å²) in [6, 6.07) is 20.2. The fourth-order valence-electron chi connectivity index (χ4n) is 9.30. The number of nitrogens with one attached hydrogen (secondary N) is 1. The molecule has 316 valence electrons. The van der Waals surface area contributed by atoms with Crippen LogP contribution in [0.5, 0.6) is 17.2 Å². The zero-order chi connectivity index (χ0) is 41.4. The van der Waals surface area contributed by atoms with Crippen molar-refractivity contribution in [1.29, 1.82) is 0 Å². The Balaban J connectivity index is 1.39. The van der Waals surface area contributed by atoms with Crippen molar-refractivity contribution in [3.8, 4) is 17.2 Å². The van der Waals surface area contributed by atoms with E-state index in [0.29, 0.717) is 19.4 Å². The van der Waals surface area contributed by atoms with Crippen LogP contribution < -0.4 is 14.8 Å². The van der Waals surface area contributed by atoms with Crippen molar-refractivity contribution in [2.45, 2.75) is 113 Å². The molecule has 0 aromatic heterocycles. The van der Waals surface area contributed by atoms with Crippen molar-refractivity contribution in [3.05, 3.63) is 102 Å². The zero-order valence-electron chi connectivity index (χ0n) is 34.7. The number of anilines is 1. The second kappa shape index (κ2) is 20.0. The fourth-order valence-corrected chi connectivity index (χ4v) is 10.6. The number of aryl methyl sites for hydroxylation is 2. The van der Waals surface area contributed by atoms with E-state index in [1.807, 2.05) is 42.5 Å². The molecule has 7 atom stereocenters. The number of rotatable bonds is 18. The number of hydrogen-bond donors (Lipinski definition) is 3. The van der Waals surface area contributed by atoms with Crippen molar-refractivity contribution in [3.63, 3.8) is 0 Å². The van der Waals surface area contributed by atoms with Crippen LogP contribution in [0.15, 0.2) is 95.0 Å². The van der Waals surface area contributed by atoms with Gasteiger partial charge in [-0.05, 0) is 136 Å². The van der Waals surface area contributed by atoms with E-state index >= 15 is 0 Å². The van der Waals surface area contributed by atoms with E-state index in [4.69, 9.17) is 28.9 Å². The van der Waals surface area contributed by atoms with Crippen LogP contribution in [-0.4, -0.2) is 65.6 Å². The van der Waals surface area contributed by atoms with Gasteiger partial charge in [-0.1, -0.05) is 36.2 Å². The van der Waals surface area contributed by atoms with Gasteiger partial charge in [0, 0.05) is 55.0 Å². The van der Waals surface area contributed by atoms with Crippen molar-refractivity contribution in [1.82, 2.24) is 0 Å². The summed E-state index contributed by atoms with van der Waals surface area (Å²) in [5.41, 5.74) is 6.07. The lowest BCUT2D eigenvalue weighted by Crippen LogP contribution is -2.64. The van der Waals surface area contributed by atoms with E-state index in [-0.39, 0.29) is 54.6 Å². The molecule has 0 radical (unpaired) electrons. The molecule has 3 aromatic carbocycles. The Kier molecular flexibility index (Phi) is 14.5. The Morgan fingerprint density at radius 3 is 2.46 bits per heavy atom. The molecule has 10 nitrogen and oxygen atoms in total. The molecule has 7 unspecified atom stereocenters. The van der Waals surface area contributed by atoms with Crippen LogP contribution >= 0.6 is 11.8 Å². The number of carbonyl (C=O) groups is 1. The average molecular weight is 825 g/mol. The summed E-state index contributed by atoms with van der Waals surface area (Å²) in [6.07, 6.45) is 12.0. The van der Waals surface area contributed by atoms with E-state index in [9.17, 15) is 15.0 Å². The van der Waals surface area contributed by atoms with Crippen molar-refractivity contribution >= 4 is 29.1 Å². The Morgan fingerprint density at radius 2 is 1.75 bits per heavy atom. The molecule has 11 heteroatoms. The van der Waals surface area contributed by atoms with E-state index < -0.39 is 12.1 Å². The summed E-state index contributed by atoms with van der Waals surface area (Å²) in [5, 5.41) is 27.4. The third kappa shape index (κ3) is 9.92. The topological polar surface area (TPSA) is 128 Å². The number of amides is 1. The van der Waals surface area contributed by atoms with Gasteiger partial charge in [-0.3, -0.25) is 4.79 Å². The SMILES string of the molecule is C=CCOC12Oc3ccc(Oc4ccc(C)c(C)c4)cc3C3C(CCCCO)C(CCCCO)C=C(C(=NOC4CCCCO4)CC1Sc1ccc(NC(C)=O)cc1)C32. The molecule has 0 spiro atoms. The number of nitrogens with zero attached hydrogens (tertiary/aromatic N) is 1. The lowest BCUT2D eigenvalue weighted by molar-refractivity contribution is -0.223. The Labute approximate surface area is 353 Å². The lowest BCUT2D eigenvalue weighted by Gasteiger charge is -2.58. The number of hydrogen-bond acceptors (Lipinski definition) is 10. The molecule has 3 N–H and O–H groups in total. The molecular weight excluding hydrogens is 765 g/mol. The van der Waals surface area contributed by atoms with Crippen molar-refractivity contribution in [2.75, 3.05) is 31.7 Å². The summed E-state index contributed by atoms with van der Waals surface area (Å²) in [5.74, 6) is 0.935. The fraction of sp³-hybridized carbons (Fsp3) is 0.500. The first-order valence-electron chi connectivity index (χ1n) is 21.4. The van der Waals surface area contributed by atoms with Gasteiger partial charge in [-0.2, -0.15) is 0 Å². The lowest BCUT2D eigenvalue weighted by atomic mass is 9.56. The van der Waals surface area contributed by atoms with Gasteiger partial charge < -0.3 is 39.3 Å². The molecule has 1 saturated carbocycles. The summed E-state index contributed by atoms with van der Waals surface area (Å²) in [7, 11) is 0. The third-order valence-electron chi connectivity index (χ3n) is 12.2. The summed E-state index contributed by atoms with van der Waals surface area (Å²) >= 11 is 1.68. The minimum atomic E-state index is -1.14. The van der Waals surface area contributed by atoms with Crippen LogP contribution in [0.4, 0.5) is 5.69 Å². The third-order valence-corrected chi connectivity index (χ3v) is 13.5. The number of ether oxygens (including phenoxy) is 4. The number of aliphatic hydroxyl groups is 2. The number of allylic oxidation sites excluding steroid dienone is 1. The van der Waals surface area contributed by atoms with Gasteiger partial charge in [0.1, 0.15) is 17.2 Å². The largest absolute Gasteiger partial charge is 0.460 e. The molecule has 4 aliphatic rings. The number of aliphatic hydroxyl groups excluding tert-OH is 2. The second-order valence-corrected chi connectivity index (χ2v) is 17.6. The number of fused-ring (bicyclic) bond motifs is 2. The molecule has 2 aliphatic carbocycles. The standard InChI is InChI=1S/C48H60N2O8S/c1-5-25-55-48-44(59-38-20-16-35(17-21-38)49-33(4)53)30-42(50-58-45-14-8-11-26-54-45)40-28-34(12-6-9-23-51)39(13-7-10-24-52)46(47(40)48)41-29-37(19-22-43(41)57-48)56-36-18-15-31(2)32(3)27-36/h5,15-22,27-29,34,39,44-47,51-52H,1,6-14,23-26,30H2,2-4H3,(H,49,53). The van der Waals surface area contributed by atoms with Crippen LogP contribution in [0.1, 0.15) is 93.7 Å². The first-order valence-corrected chi connectivity index (χ1v) is 22.3. The average Bonchev–Trinajstić information content (AvgIpc) is 3.23. The Hall–Kier alpha value is -4.13. The molecule has 0 bridgehead atoms. The van der Waals surface area contributed by atoms with Crippen molar-refractivity contribution in [2.24, 2.45) is 22.9 Å². The van der Waals surface area contributed by atoms with Gasteiger partial charge in [0.25, 0.3) is 0 Å². The number of carbonyl (C=O) groups excluding carboxylic acids is 1. The van der Waals surface area contributed by atoms with Gasteiger partial charge in [-0.15, -0.1) is 18.3 Å². The molecule has 2 aliphatic heterocycles. The minimum Gasteiger partial charge on any atom is -0.460 e. The van der Waals surface area contributed by atoms with Crippen LogP contribution in [0.2, 0.25) is 0 Å². The highest BCUT2D eigenvalue weighted by molar-refractivity contribution is 8.00. The molecule has 2 heterocycles. The molecule has 59 heavy (non-hydrogen) atoms. The van der Waals surface area contributed by atoms with E-state index in [2.05, 4.69) is 50.0 Å². The smallest absolute Gasteiger partial charge is 0.231 e. The van der Waals surface area contributed by atoms with Gasteiger partial charge in [0.05, 0.1) is 30.1 Å². The number of benzene rings is 3. The van der Waals surface area contributed by atoms with Gasteiger partial charge in [-0.25, -0.2) is 0 Å². The molecule has 1 amide bonds. The van der Waals surface area contributed by atoms with Crippen LogP contribution in [0, 0.1) is 31.6 Å². The van der Waals surface area contributed by atoms with Crippen LogP contribution in [0.3, 0.4) is 0 Å². The van der Waals surface area contributed by atoms with Crippen LogP contribution in [-0.2, 0) is 19.1 Å².